The van der Waals surface area contributed by atoms with Gasteiger partial charge in [0.2, 0.25) is 0 Å². The average Bonchev–Trinajstić information content (AvgIpc) is 2.75. The summed E-state index contributed by atoms with van der Waals surface area (Å²) >= 11 is 6.84. The molecule has 1 saturated heterocycles. The highest BCUT2D eigenvalue weighted by Gasteiger charge is 2.22. The number of thiophene rings is 1. The van der Waals surface area contributed by atoms with Crippen LogP contribution in [0.15, 0.2) is 0 Å². The van der Waals surface area contributed by atoms with Crippen molar-refractivity contribution in [1.29, 1.82) is 5.26 Å². The Morgan fingerprint density at radius 2 is 2.00 bits per heavy atom. The quantitative estimate of drug-likeness (QED) is 0.592. The van der Waals surface area contributed by atoms with Gasteiger partial charge in [-0.2, -0.15) is 5.26 Å². The van der Waals surface area contributed by atoms with Gasteiger partial charge in [0.05, 0.1) is 18.8 Å². The third-order valence-electron chi connectivity index (χ3n) is 4.28. The van der Waals surface area contributed by atoms with Crippen LogP contribution in [-0.4, -0.2) is 42.3 Å². The van der Waals surface area contributed by atoms with Gasteiger partial charge in [0.25, 0.3) is 0 Å². The van der Waals surface area contributed by atoms with E-state index in [1.54, 1.807) is 16.2 Å². The summed E-state index contributed by atoms with van der Waals surface area (Å²) < 4.78 is 5.23. The van der Waals surface area contributed by atoms with Crippen molar-refractivity contribution in [2.45, 2.75) is 32.1 Å². The maximum atomic E-state index is 12.2. The van der Waals surface area contributed by atoms with Gasteiger partial charge in [-0.05, 0) is 43.5 Å². The number of anilines is 1. The van der Waals surface area contributed by atoms with Crippen LogP contribution in [0.25, 0.3) is 0 Å². The summed E-state index contributed by atoms with van der Waals surface area (Å²) in [5.41, 5.74) is 1.84. The lowest BCUT2D eigenvalue weighted by Crippen LogP contribution is -2.48. The molecule has 0 atom stereocenters. The van der Waals surface area contributed by atoms with Crippen LogP contribution in [0.5, 0.6) is 0 Å². The second kappa shape index (κ2) is 7.92. The van der Waals surface area contributed by atoms with Gasteiger partial charge in [-0.15, -0.1) is 11.3 Å². The molecule has 2 aliphatic rings. The Labute approximate surface area is 150 Å². The molecule has 0 saturated carbocycles. The second-order valence-corrected chi connectivity index (χ2v) is 7.38. The lowest BCUT2D eigenvalue weighted by molar-refractivity contribution is 0.0543. The van der Waals surface area contributed by atoms with E-state index in [1.807, 2.05) is 0 Å². The van der Waals surface area contributed by atoms with Crippen molar-refractivity contribution in [3.63, 3.8) is 0 Å². The molecule has 3 rings (SSSR count). The number of nitrogens with one attached hydrogen (secondary N) is 2. The van der Waals surface area contributed by atoms with Crippen LogP contribution in [0.2, 0.25) is 0 Å². The summed E-state index contributed by atoms with van der Waals surface area (Å²) in [5.74, 6) is 0. The fraction of sp³-hybridized carbons (Fsp3) is 0.562. The molecule has 1 aliphatic carbocycles. The molecule has 0 bridgehead atoms. The van der Waals surface area contributed by atoms with Crippen LogP contribution in [0.4, 0.5) is 9.80 Å². The Morgan fingerprint density at radius 1 is 1.25 bits per heavy atom. The third kappa shape index (κ3) is 3.86. The van der Waals surface area contributed by atoms with E-state index in [1.165, 1.54) is 11.3 Å². The van der Waals surface area contributed by atoms with Gasteiger partial charge in [-0.3, -0.25) is 5.32 Å². The van der Waals surface area contributed by atoms with Crippen LogP contribution in [0, 0.1) is 11.3 Å². The first-order chi connectivity index (χ1) is 11.7. The lowest BCUT2D eigenvalue weighted by atomic mass is 10.1. The molecular formula is C16H20N4O2S2. The van der Waals surface area contributed by atoms with Crippen LogP contribution in [0.3, 0.4) is 0 Å². The van der Waals surface area contributed by atoms with Crippen LogP contribution < -0.4 is 10.6 Å². The predicted octanol–water partition coefficient (Wildman–Crippen LogP) is 2.63. The topological polar surface area (TPSA) is 77.4 Å². The molecule has 128 valence electrons. The first-order valence-corrected chi connectivity index (χ1v) is 9.41. The molecule has 2 amide bonds. The number of hydrogen-bond acceptors (Lipinski definition) is 5. The van der Waals surface area contributed by atoms with Gasteiger partial charge in [0, 0.05) is 18.0 Å². The Balaban J connectivity index is 1.66. The molecule has 2 N–H and O–H groups in total. The van der Waals surface area contributed by atoms with Crippen molar-refractivity contribution in [2.75, 3.05) is 31.6 Å². The number of fused-ring (bicyclic) bond motifs is 1. The van der Waals surface area contributed by atoms with Gasteiger partial charge >= 0.3 is 6.03 Å². The van der Waals surface area contributed by atoms with Gasteiger partial charge in [0.1, 0.15) is 11.1 Å². The molecule has 0 aromatic carbocycles. The molecule has 2 heterocycles. The molecule has 1 aromatic heterocycles. The molecule has 1 fully saturated rings. The Bertz CT molecular complexity index is 674. The summed E-state index contributed by atoms with van der Waals surface area (Å²) in [6, 6.07) is 2.07. The van der Waals surface area contributed by atoms with Crippen LogP contribution in [-0.2, 0) is 17.6 Å². The molecule has 0 radical (unpaired) electrons. The predicted molar refractivity (Wildman–Crippen MR) is 97.4 cm³/mol. The highest BCUT2D eigenvalue weighted by Crippen LogP contribution is 2.36. The van der Waals surface area contributed by atoms with Gasteiger partial charge < -0.3 is 15.0 Å². The lowest BCUT2D eigenvalue weighted by Gasteiger charge is -2.27. The molecule has 0 unspecified atom stereocenters. The zero-order valence-electron chi connectivity index (χ0n) is 13.4. The van der Waals surface area contributed by atoms with Gasteiger partial charge in [-0.25, -0.2) is 4.79 Å². The molecule has 6 nitrogen and oxygen atoms in total. The first kappa shape index (κ1) is 17.1. The summed E-state index contributed by atoms with van der Waals surface area (Å²) in [4.78, 5) is 15.1. The smallest absolute Gasteiger partial charge is 0.323 e. The Hall–Kier alpha value is -1.69. The Kier molecular flexibility index (Phi) is 5.66. The van der Waals surface area contributed by atoms with E-state index < -0.39 is 0 Å². The van der Waals surface area contributed by atoms with E-state index in [2.05, 4.69) is 16.7 Å². The standard InChI is InChI=1S/C16H20N4O2S2/c17-10-12-11-4-2-1-3-5-13(11)24-14(12)18-15(23)19-16(21)20-6-8-22-9-7-20/h1-9H2,(H2,18,19,21,23). The molecule has 24 heavy (non-hydrogen) atoms. The molecule has 8 heteroatoms. The van der Waals surface area contributed by atoms with E-state index in [0.29, 0.717) is 31.9 Å². The summed E-state index contributed by atoms with van der Waals surface area (Å²) in [7, 11) is 0. The number of hydrogen-bond donors (Lipinski definition) is 2. The van der Waals surface area contributed by atoms with Crippen molar-refractivity contribution in [3.8, 4) is 6.07 Å². The second-order valence-electron chi connectivity index (χ2n) is 5.86. The zero-order valence-corrected chi connectivity index (χ0v) is 15.0. The number of carbonyl (C=O) groups excluding carboxylic acids is 1. The largest absolute Gasteiger partial charge is 0.378 e. The van der Waals surface area contributed by atoms with Crippen molar-refractivity contribution in [1.82, 2.24) is 10.2 Å². The zero-order chi connectivity index (χ0) is 16.9. The number of carbonyl (C=O) groups is 1. The fourth-order valence-corrected chi connectivity index (χ4v) is 4.52. The number of urea groups is 1. The van der Waals surface area contributed by atoms with Crippen molar-refractivity contribution in [2.24, 2.45) is 0 Å². The highest BCUT2D eigenvalue weighted by molar-refractivity contribution is 7.80. The average molecular weight is 364 g/mol. The molecule has 0 spiro atoms. The Morgan fingerprint density at radius 3 is 2.75 bits per heavy atom. The van der Waals surface area contributed by atoms with E-state index in [-0.39, 0.29) is 11.1 Å². The maximum absolute atomic E-state index is 12.2. The van der Waals surface area contributed by atoms with Gasteiger partial charge in [-0.1, -0.05) is 6.42 Å². The molecular weight excluding hydrogens is 344 g/mol. The normalized spacial score (nSPS) is 17.4. The first-order valence-electron chi connectivity index (χ1n) is 8.18. The van der Waals surface area contributed by atoms with E-state index in [4.69, 9.17) is 17.0 Å². The number of thiocarbonyl (C=S) groups is 1. The van der Waals surface area contributed by atoms with E-state index in [9.17, 15) is 10.1 Å². The number of nitrogens with zero attached hydrogens (tertiary/aromatic N) is 2. The number of nitriles is 1. The molecule has 1 aliphatic heterocycles. The minimum Gasteiger partial charge on any atom is -0.378 e. The minimum absolute atomic E-state index is 0.229. The van der Waals surface area contributed by atoms with E-state index >= 15 is 0 Å². The highest BCUT2D eigenvalue weighted by atomic mass is 32.1. The van der Waals surface area contributed by atoms with Gasteiger partial charge in [0.15, 0.2) is 5.11 Å². The maximum Gasteiger partial charge on any atom is 0.323 e. The van der Waals surface area contributed by atoms with Crippen molar-refractivity contribution >= 4 is 39.7 Å². The third-order valence-corrected chi connectivity index (χ3v) is 5.69. The monoisotopic (exact) mass is 364 g/mol. The summed E-state index contributed by atoms with van der Waals surface area (Å²) in [6.45, 7) is 2.21. The molecule has 1 aromatic rings. The van der Waals surface area contributed by atoms with Crippen molar-refractivity contribution < 1.29 is 9.53 Å². The number of aryl methyl sites for hydroxylation is 1. The number of morpholine rings is 1. The summed E-state index contributed by atoms with van der Waals surface area (Å²) in [6.07, 6.45) is 5.46. The fourth-order valence-electron chi connectivity index (χ4n) is 3.03. The number of rotatable bonds is 1. The minimum atomic E-state index is -0.229. The summed E-state index contributed by atoms with van der Waals surface area (Å²) in [5, 5.41) is 16.2. The SMILES string of the molecule is N#Cc1c(NC(=S)NC(=O)N2CCOCC2)sc2c1CCCCC2. The van der Waals surface area contributed by atoms with Crippen LogP contribution >= 0.6 is 23.6 Å². The number of ether oxygens (including phenoxy) is 1. The van der Waals surface area contributed by atoms with Crippen molar-refractivity contribution in [3.05, 3.63) is 16.0 Å². The van der Waals surface area contributed by atoms with Crippen LogP contribution in [0.1, 0.15) is 35.3 Å². The number of amides is 2. The van der Waals surface area contributed by atoms with E-state index in [0.717, 1.165) is 36.2 Å².